The van der Waals surface area contributed by atoms with Crippen molar-refractivity contribution in [3.05, 3.63) is 58.3 Å². The molecule has 0 aliphatic rings. The maximum Gasteiger partial charge on any atom is 0.191 e. The highest BCUT2D eigenvalue weighted by Crippen LogP contribution is 2.23. The topological polar surface area (TPSA) is 59.9 Å². The fourth-order valence-corrected chi connectivity index (χ4v) is 3.55. The number of hydrogen-bond acceptors (Lipinski definition) is 4. The smallest absolute Gasteiger partial charge is 0.191 e. The summed E-state index contributed by atoms with van der Waals surface area (Å²) in [4.78, 5) is 6.88. The second-order valence-corrected chi connectivity index (χ2v) is 7.76. The monoisotopic (exact) mass is 388 g/mol. The van der Waals surface area contributed by atoms with Crippen LogP contribution in [-0.2, 0) is 12.1 Å². The van der Waals surface area contributed by atoms with Gasteiger partial charge in [0.25, 0.3) is 0 Å². The van der Waals surface area contributed by atoms with Gasteiger partial charge in [0.05, 0.1) is 6.54 Å². The summed E-state index contributed by atoms with van der Waals surface area (Å²) in [6, 6.07) is 12.5. The van der Waals surface area contributed by atoms with E-state index in [2.05, 4.69) is 51.8 Å². The van der Waals surface area contributed by atoms with Crippen molar-refractivity contribution in [2.75, 3.05) is 33.2 Å². The zero-order valence-electron chi connectivity index (χ0n) is 16.6. The Hall–Kier alpha value is -1.89. The van der Waals surface area contributed by atoms with E-state index in [0.717, 1.165) is 44.1 Å². The third-order valence-electron chi connectivity index (χ3n) is 4.34. The van der Waals surface area contributed by atoms with E-state index in [1.165, 1.54) is 5.56 Å². The molecule has 1 unspecified atom stereocenters. The fourth-order valence-electron chi connectivity index (χ4n) is 2.77. The SMILES string of the molecule is CCNC(=NCC(C)(O)c1ccsc1)NCCCN(C)Cc1ccccc1. The summed E-state index contributed by atoms with van der Waals surface area (Å²) in [5.41, 5.74) is 1.30. The molecule has 148 valence electrons. The first-order chi connectivity index (χ1) is 13.0. The Morgan fingerprint density at radius 3 is 2.67 bits per heavy atom. The summed E-state index contributed by atoms with van der Waals surface area (Å²) in [5.74, 6) is 0.749. The van der Waals surface area contributed by atoms with Gasteiger partial charge in [-0.2, -0.15) is 11.3 Å². The van der Waals surface area contributed by atoms with E-state index in [-0.39, 0.29) is 0 Å². The summed E-state index contributed by atoms with van der Waals surface area (Å²) < 4.78 is 0. The average molecular weight is 389 g/mol. The maximum atomic E-state index is 10.6. The number of nitrogens with one attached hydrogen (secondary N) is 2. The van der Waals surface area contributed by atoms with Crippen LogP contribution in [-0.4, -0.2) is 49.2 Å². The molecule has 0 spiro atoms. The van der Waals surface area contributed by atoms with E-state index in [4.69, 9.17) is 0 Å². The van der Waals surface area contributed by atoms with Crippen molar-refractivity contribution in [2.24, 2.45) is 4.99 Å². The highest BCUT2D eigenvalue weighted by Gasteiger charge is 2.23. The summed E-state index contributed by atoms with van der Waals surface area (Å²) in [6.07, 6.45) is 1.02. The Bertz CT molecular complexity index is 671. The standard InChI is InChI=1S/C21H32N4OS/c1-4-22-20(24-17-21(2,26)19-11-14-27-16-19)23-12-8-13-25(3)15-18-9-6-5-7-10-18/h5-7,9-11,14,16,26H,4,8,12-13,15,17H2,1-3H3,(H2,22,23,24). The number of benzene rings is 1. The summed E-state index contributed by atoms with van der Waals surface area (Å²) >= 11 is 1.59. The third kappa shape index (κ3) is 7.71. The molecule has 0 fully saturated rings. The van der Waals surface area contributed by atoms with Crippen LogP contribution in [0.4, 0.5) is 0 Å². The molecule has 6 heteroatoms. The number of rotatable bonds is 10. The van der Waals surface area contributed by atoms with Gasteiger partial charge in [-0.25, -0.2) is 4.99 Å². The van der Waals surface area contributed by atoms with Crippen molar-refractivity contribution in [3.8, 4) is 0 Å². The number of aliphatic hydroxyl groups is 1. The number of hydrogen-bond donors (Lipinski definition) is 3. The predicted octanol–water partition coefficient (Wildman–Crippen LogP) is 3.03. The van der Waals surface area contributed by atoms with Crippen LogP contribution < -0.4 is 10.6 Å². The molecule has 1 aromatic carbocycles. The van der Waals surface area contributed by atoms with Crippen molar-refractivity contribution in [2.45, 2.75) is 32.4 Å². The molecule has 3 N–H and O–H groups in total. The minimum absolute atomic E-state index is 0.326. The first-order valence-corrected chi connectivity index (χ1v) is 10.5. The van der Waals surface area contributed by atoms with E-state index >= 15 is 0 Å². The molecule has 0 saturated carbocycles. The van der Waals surface area contributed by atoms with Crippen molar-refractivity contribution >= 4 is 17.3 Å². The molecule has 0 bridgehead atoms. The molecule has 2 aromatic rings. The van der Waals surface area contributed by atoms with Gasteiger partial charge in [0.1, 0.15) is 5.60 Å². The Morgan fingerprint density at radius 1 is 1.22 bits per heavy atom. The molecule has 0 radical (unpaired) electrons. The summed E-state index contributed by atoms with van der Waals surface area (Å²) in [7, 11) is 2.14. The van der Waals surface area contributed by atoms with Crippen molar-refractivity contribution in [1.82, 2.24) is 15.5 Å². The van der Waals surface area contributed by atoms with Gasteiger partial charge in [-0.15, -0.1) is 0 Å². The van der Waals surface area contributed by atoms with Crippen molar-refractivity contribution in [3.63, 3.8) is 0 Å². The number of nitrogens with zero attached hydrogens (tertiary/aromatic N) is 2. The zero-order valence-corrected chi connectivity index (χ0v) is 17.4. The molecule has 5 nitrogen and oxygen atoms in total. The van der Waals surface area contributed by atoms with Gasteiger partial charge >= 0.3 is 0 Å². The van der Waals surface area contributed by atoms with Crippen LogP contribution in [0.1, 0.15) is 31.4 Å². The van der Waals surface area contributed by atoms with Gasteiger partial charge in [0.2, 0.25) is 0 Å². The molecule has 1 atom stereocenters. The van der Waals surface area contributed by atoms with Crippen LogP contribution in [0.15, 0.2) is 52.2 Å². The van der Waals surface area contributed by atoms with Gasteiger partial charge in [0.15, 0.2) is 5.96 Å². The molecule has 0 saturated heterocycles. The van der Waals surface area contributed by atoms with Crippen LogP contribution >= 0.6 is 11.3 Å². The first kappa shape index (κ1) is 21.4. The molecule has 1 aromatic heterocycles. The van der Waals surface area contributed by atoms with Gasteiger partial charge < -0.3 is 20.6 Å². The van der Waals surface area contributed by atoms with Crippen molar-refractivity contribution < 1.29 is 5.11 Å². The van der Waals surface area contributed by atoms with Crippen LogP contribution in [0.25, 0.3) is 0 Å². The Labute approximate surface area is 167 Å². The fraction of sp³-hybridized carbons (Fsp3) is 0.476. The second-order valence-electron chi connectivity index (χ2n) is 6.98. The molecule has 0 aliphatic carbocycles. The van der Waals surface area contributed by atoms with Gasteiger partial charge in [-0.05, 0) is 61.8 Å². The Kier molecular flexibility index (Phi) is 8.78. The molecular weight excluding hydrogens is 356 g/mol. The van der Waals surface area contributed by atoms with E-state index in [0.29, 0.717) is 6.54 Å². The predicted molar refractivity (Wildman–Crippen MR) is 115 cm³/mol. The molecule has 0 amide bonds. The minimum atomic E-state index is -0.946. The molecule has 1 heterocycles. The number of aliphatic imine (C=N–C) groups is 1. The quantitative estimate of drug-likeness (QED) is 0.333. The van der Waals surface area contributed by atoms with Gasteiger partial charge in [0, 0.05) is 19.6 Å². The van der Waals surface area contributed by atoms with Crippen LogP contribution in [0.3, 0.4) is 0 Å². The van der Waals surface area contributed by atoms with E-state index in [1.54, 1.807) is 18.3 Å². The Morgan fingerprint density at radius 2 is 2.00 bits per heavy atom. The minimum Gasteiger partial charge on any atom is -0.383 e. The first-order valence-electron chi connectivity index (χ1n) is 9.51. The lowest BCUT2D eigenvalue weighted by Gasteiger charge is -2.21. The van der Waals surface area contributed by atoms with E-state index in [1.807, 2.05) is 29.8 Å². The lowest BCUT2D eigenvalue weighted by molar-refractivity contribution is 0.0677. The van der Waals surface area contributed by atoms with Gasteiger partial charge in [-0.3, -0.25) is 0 Å². The normalized spacial score (nSPS) is 14.2. The molecular formula is C21H32N4OS. The highest BCUT2D eigenvalue weighted by atomic mass is 32.1. The number of thiophene rings is 1. The lowest BCUT2D eigenvalue weighted by Crippen LogP contribution is -2.39. The second kappa shape index (κ2) is 11.1. The third-order valence-corrected chi connectivity index (χ3v) is 5.02. The van der Waals surface area contributed by atoms with E-state index in [9.17, 15) is 5.11 Å². The lowest BCUT2D eigenvalue weighted by atomic mass is 10.00. The van der Waals surface area contributed by atoms with Crippen LogP contribution in [0.2, 0.25) is 0 Å². The summed E-state index contributed by atoms with van der Waals surface area (Å²) in [6.45, 7) is 7.77. The number of guanidine groups is 1. The Balaban J connectivity index is 1.75. The van der Waals surface area contributed by atoms with Crippen LogP contribution in [0.5, 0.6) is 0 Å². The van der Waals surface area contributed by atoms with Crippen molar-refractivity contribution in [1.29, 1.82) is 0 Å². The summed E-state index contributed by atoms with van der Waals surface area (Å²) in [5, 5.41) is 21.2. The van der Waals surface area contributed by atoms with E-state index < -0.39 is 5.60 Å². The zero-order chi connectivity index (χ0) is 19.5. The molecule has 2 rings (SSSR count). The molecule has 27 heavy (non-hydrogen) atoms. The molecule has 0 aliphatic heterocycles. The largest absolute Gasteiger partial charge is 0.383 e. The average Bonchev–Trinajstić information content (AvgIpc) is 3.20. The van der Waals surface area contributed by atoms with Crippen LogP contribution in [0, 0.1) is 0 Å². The highest BCUT2D eigenvalue weighted by molar-refractivity contribution is 7.08. The maximum absolute atomic E-state index is 10.6. The van der Waals surface area contributed by atoms with Gasteiger partial charge in [-0.1, -0.05) is 30.3 Å².